The zero-order valence-electron chi connectivity index (χ0n) is 16.3. The fourth-order valence-corrected chi connectivity index (χ4v) is 4.18. The van der Waals surface area contributed by atoms with Gasteiger partial charge in [-0.05, 0) is 35.7 Å². The molecule has 1 amide bonds. The summed E-state index contributed by atoms with van der Waals surface area (Å²) in [7, 11) is 0. The number of para-hydroxylation sites is 1. The molecule has 0 saturated carbocycles. The predicted molar refractivity (Wildman–Crippen MR) is 120 cm³/mol. The van der Waals surface area contributed by atoms with Crippen molar-refractivity contribution in [3.05, 3.63) is 66.5 Å². The molecule has 0 aliphatic rings. The van der Waals surface area contributed by atoms with E-state index in [2.05, 4.69) is 54.5 Å². The number of amides is 1. The number of carbonyl (C=O) groups is 1. The Morgan fingerprint density at radius 2 is 1.93 bits per heavy atom. The Morgan fingerprint density at radius 3 is 2.66 bits per heavy atom. The average Bonchev–Trinajstić information content (AvgIpc) is 3.20. The Morgan fingerprint density at radius 1 is 1.17 bits per heavy atom. The molecule has 29 heavy (non-hydrogen) atoms. The number of hydrogen-bond donors (Lipinski definition) is 1. The average molecular weight is 423 g/mol. The summed E-state index contributed by atoms with van der Waals surface area (Å²) in [4.78, 5) is 17.7. The second-order valence-electron chi connectivity index (χ2n) is 6.61. The molecule has 0 atom stereocenters. The molecule has 5 nitrogen and oxygen atoms in total. The maximum atomic E-state index is 12.5. The number of nitriles is 1. The Kier molecular flexibility index (Phi) is 7.39. The van der Waals surface area contributed by atoms with Crippen LogP contribution in [-0.4, -0.2) is 27.0 Å². The summed E-state index contributed by atoms with van der Waals surface area (Å²) in [6.45, 7) is 4.34. The largest absolute Gasteiger partial charge is 0.324 e. The number of nitrogens with one attached hydrogen (secondary N) is 1. The zero-order valence-corrected chi connectivity index (χ0v) is 18.0. The molecule has 0 unspecified atom stereocenters. The van der Waals surface area contributed by atoms with Crippen LogP contribution >= 0.6 is 23.5 Å². The number of rotatable bonds is 8. The van der Waals surface area contributed by atoms with Gasteiger partial charge in [-0.1, -0.05) is 49.9 Å². The van der Waals surface area contributed by atoms with Gasteiger partial charge in [-0.15, -0.1) is 11.8 Å². The smallest absolute Gasteiger partial charge is 0.234 e. The second-order valence-corrected chi connectivity index (χ2v) is 8.57. The van der Waals surface area contributed by atoms with E-state index in [9.17, 15) is 4.79 Å². The molecule has 0 aliphatic heterocycles. The van der Waals surface area contributed by atoms with Crippen molar-refractivity contribution in [2.24, 2.45) is 0 Å². The molecule has 3 aromatic rings. The van der Waals surface area contributed by atoms with Gasteiger partial charge >= 0.3 is 0 Å². The monoisotopic (exact) mass is 422 g/mol. The van der Waals surface area contributed by atoms with Gasteiger partial charge in [0.1, 0.15) is 0 Å². The normalized spacial score (nSPS) is 10.7. The van der Waals surface area contributed by atoms with Gasteiger partial charge < -0.3 is 5.32 Å². The molecule has 0 aliphatic carbocycles. The van der Waals surface area contributed by atoms with E-state index >= 15 is 0 Å². The first-order valence-corrected chi connectivity index (χ1v) is 11.2. The van der Waals surface area contributed by atoms with Gasteiger partial charge in [-0.3, -0.25) is 9.36 Å². The van der Waals surface area contributed by atoms with E-state index in [1.165, 1.54) is 29.1 Å². The Hall–Kier alpha value is -2.69. The van der Waals surface area contributed by atoms with Crippen LogP contribution in [0.5, 0.6) is 0 Å². The third-order valence-corrected chi connectivity index (χ3v) is 6.14. The summed E-state index contributed by atoms with van der Waals surface area (Å²) in [5, 5.41) is 12.5. The highest BCUT2D eigenvalue weighted by atomic mass is 32.2. The topological polar surface area (TPSA) is 70.7 Å². The molecule has 148 valence electrons. The zero-order chi connectivity index (χ0) is 20.6. The Balaban J connectivity index is 1.64. The fourth-order valence-electron chi connectivity index (χ4n) is 2.74. The van der Waals surface area contributed by atoms with Crippen molar-refractivity contribution in [1.29, 1.82) is 5.26 Å². The van der Waals surface area contributed by atoms with Gasteiger partial charge in [0.2, 0.25) is 5.91 Å². The van der Waals surface area contributed by atoms with E-state index in [0.29, 0.717) is 11.7 Å². The second kappa shape index (κ2) is 10.2. The first kappa shape index (κ1) is 21.0. The lowest BCUT2D eigenvalue weighted by molar-refractivity contribution is -0.113. The van der Waals surface area contributed by atoms with E-state index < -0.39 is 0 Å². The number of anilines is 1. The molecule has 0 radical (unpaired) electrons. The van der Waals surface area contributed by atoms with Crippen LogP contribution in [0, 0.1) is 11.3 Å². The molecule has 7 heteroatoms. The summed E-state index contributed by atoms with van der Waals surface area (Å²) in [5.74, 6) is 0.968. The molecule has 0 saturated heterocycles. The number of hydrogen-bond acceptors (Lipinski definition) is 5. The van der Waals surface area contributed by atoms with Crippen LogP contribution in [0.3, 0.4) is 0 Å². The number of nitrogens with zero attached hydrogens (tertiary/aromatic N) is 3. The van der Waals surface area contributed by atoms with E-state index in [1.54, 1.807) is 6.20 Å². The van der Waals surface area contributed by atoms with E-state index in [-0.39, 0.29) is 11.7 Å². The van der Waals surface area contributed by atoms with Gasteiger partial charge in [-0.25, -0.2) is 4.98 Å². The molecular weight excluding hydrogens is 400 g/mol. The first-order chi connectivity index (χ1) is 14.1. The van der Waals surface area contributed by atoms with Gasteiger partial charge in [0.15, 0.2) is 5.16 Å². The summed E-state index contributed by atoms with van der Waals surface area (Å²) in [6.07, 6.45) is 3.64. The van der Waals surface area contributed by atoms with Gasteiger partial charge in [0.25, 0.3) is 0 Å². The van der Waals surface area contributed by atoms with Gasteiger partial charge in [-0.2, -0.15) is 5.26 Å². The molecule has 0 bridgehead atoms. The Labute approximate surface area is 179 Å². The fraction of sp³-hybridized carbons (Fsp3) is 0.227. The van der Waals surface area contributed by atoms with E-state index in [0.717, 1.165) is 21.4 Å². The van der Waals surface area contributed by atoms with Crippen molar-refractivity contribution in [2.45, 2.75) is 29.8 Å². The lowest BCUT2D eigenvalue weighted by Crippen LogP contribution is -2.15. The minimum Gasteiger partial charge on any atom is -0.324 e. The summed E-state index contributed by atoms with van der Waals surface area (Å²) in [6, 6.07) is 18.0. The molecule has 3 rings (SSSR count). The van der Waals surface area contributed by atoms with Crippen LogP contribution in [0.1, 0.15) is 25.3 Å². The third kappa shape index (κ3) is 5.66. The SMILES string of the molecule is CC(C)c1ccc(-n2ccnc2SCC(=O)Nc2ccccc2SCC#N)cc1. The molecule has 1 aromatic heterocycles. The number of aromatic nitrogens is 2. The minimum atomic E-state index is -0.107. The lowest BCUT2D eigenvalue weighted by Gasteiger charge is -2.11. The highest BCUT2D eigenvalue weighted by molar-refractivity contribution is 8.00. The molecule has 0 spiro atoms. The van der Waals surface area contributed by atoms with Crippen molar-refractivity contribution in [1.82, 2.24) is 9.55 Å². The molecule has 1 N–H and O–H groups in total. The number of thioether (sulfide) groups is 2. The number of carbonyl (C=O) groups excluding carboxylic acids is 1. The van der Waals surface area contributed by atoms with Crippen molar-refractivity contribution in [2.75, 3.05) is 16.8 Å². The van der Waals surface area contributed by atoms with Crippen molar-refractivity contribution in [3.63, 3.8) is 0 Å². The van der Waals surface area contributed by atoms with E-state index in [4.69, 9.17) is 5.26 Å². The summed E-state index contributed by atoms with van der Waals surface area (Å²) >= 11 is 2.80. The number of imidazole rings is 1. The lowest BCUT2D eigenvalue weighted by atomic mass is 10.0. The van der Waals surface area contributed by atoms with Gasteiger partial charge in [0, 0.05) is 23.0 Å². The quantitative estimate of drug-likeness (QED) is 0.496. The van der Waals surface area contributed by atoms with Crippen LogP contribution in [0.15, 0.2) is 71.0 Å². The highest BCUT2D eigenvalue weighted by Crippen LogP contribution is 2.27. The third-order valence-electron chi connectivity index (χ3n) is 4.23. The molecule has 2 aromatic carbocycles. The van der Waals surface area contributed by atoms with Crippen molar-refractivity contribution < 1.29 is 4.79 Å². The van der Waals surface area contributed by atoms with Crippen LogP contribution in [0.2, 0.25) is 0 Å². The minimum absolute atomic E-state index is 0.107. The molecule has 1 heterocycles. The molecule has 0 fully saturated rings. The van der Waals surface area contributed by atoms with Crippen LogP contribution in [0.4, 0.5) is 5.69 Å². The van der Waals surface area contributed by atoms with Crippen LogP contribution < -0.4 is 5.32 Å². The molecular formula is C22H22N4OS2. The first-order valence-electron chi connectivity index (χ1n) is 9.23. The summed E-state index contributed by atoms with van der Waals surface area (Å²) < 4.78 is 1.98. The van der Waals surface area contributed by atoms with E-state index in [1.807, 2.05) is 35.0 Å². The maximum Gasteiger partial charge on any atom is 0.234 e. The standard InChI is InChI=1S/C22H22N4OS2/c1-16(2)17-7-9-18(10-8-17)26-13-12-24-22(26)29-15-21(27)25-19-5-3-4-6-20(19)28-14-11-23/h3-10,12-13,16H,14-15H2,1-2H3,(H,25,27). The predicted octanol–water partition coefficient (Wildman–Crippen LogP) is 5.34. The Bertz CT molecular complexity index is 1010. The highest BCUT2D eigenvalue weighted by Gasteiger charge is 2.11. The van der Waals surface area contributed by atoms with Crippen LogP contribution in [0.25, 0.3) is 5.69 Å². The van der Waals surface area contributed by atoms with Crippen molar-refractivity contribution in [3.8, 4) is 11.8 Å². The van der Waals surface area contributed by atoms with Gasteiger partial charge in [0.05, 0.1) is 23.3 Å². The maximum absolute atomic E-state index is 12.5. The number of benzene rings is 2. The van der Waals surface area contributed by atoms with Crippen LogP contribution in [-0.2, 0) is 4.79 Å². The van der Waals surface area contributed by atoms with Crippen molar-refractivity contribution >= 4 is 35.1 Å². The summed E-state index contributed by atoms with van der Waals surface area (Å²) in [5.41, 5.74) is 3.04.